The molecule has 4 heterocycles. The summed E-state index contributed by atoms with van der Waals surface area (Å²) in [5, 5.41) is 0. The van der Waals surface area contributed by atoms with Crippen molar-refractivity contribution in [2.75, 3.05) is 26.2 Å². The normalized spacial score (nSPS) is 17.1. The summed E-state index contributed by atoms with van der Waals surface area (Å²) in [6, 6.07) is 9.61. The van der Waals surface area contributed by atoms with Gasteiger partial charge < -0.3 is 4.40 Å². The summed E-state index contributed by atoms with van der Waals surface area (Å²) >= 11 is 1.38. The van der Waals surface area contributed by atoms with Gasteiger partial charge >= 0.3 is 0 Å². The number of hydrogen-bond donors (Lipinski definition) is 0. The van der Waals surface area contributed by atoms with Gasteiger partial charge in [-0.05, 0) is 30.7 Å². The minimum absolute atomic E-state index is 0.463. The van der Waals surface area contributed by atoms with Crippen LogP contribution in [-0.2, 0) is 23.0 Å². The number of aromatic nitrogens is 2. The lowest BCUT2D eigenvalue weighted by atomic mass is 10.3. The third-order valence-corrected chi connectivity index (χ3v) is 8.39. The van der Waals surface area contributed by atoms with Gasteiger partial charge in [-0.15, -0.1) is 11.3 Å². The smallest absolute Gasteiger partial charge is 0.252 e. The first-order valence-corrected chi connectivity index (χ1v) is 11.1. The molecule has 3 aromatic heterocycles. The van der Waals surface area contributed by atoms with E-state index in [0.29, 0.717) is 17.3 Å². The summed E-state index contributed by atoms with van der Waals surface area (Å²) < 4.78 is 29.8. The highest BCUT2D eigenvalue weighted by Gasteiger charge is 2.29. The molecule has 1 aliphatic rings. The Morgan fingerprint density at radius 2 is 1.92 bits per heavy atom. The SMILES string of the molecule is CCc1ccc(S(=O)(=O)N2CCN(Cc3cnc4ccccn34)CC2)s1. The van der Waals surface area contributed by atoms with E-state index in [9.17, 15) is 8.42 Å². The van der Waals surface area contributed by atoms with Crippen molar-refractivity contribution in [1.82, 2.24) is 18.6 Å². The Bertz CT molecular complexity index is 1000. The highest BCUT2D eigenvalue weighted by Crippen LogP contribution is 2.26. The van der Waals surface area contributed by atoms with Crippen LogP contribution < -0.4 is 0 Å². The molecule has 6 nitrogen and oxygen atoms in total. The molecule has 4 rings (SSSR count). The van der Waals surface area contributed by atoms with Gasteiger partial charge in [0.15, 0.2) is 0 Å². The molecule has 0 N–H and O–H groups in total. The second-order valence-corrected chi connectivity index (χ2v) is 9.77. The largest absolute Gasteiger partial charge is 0.303 e. The van der Waals surface area contributed by atoms with Crippen molar-refractivity contribution in [2.24, 2.45) is 0 Å². The van der Waals surface area contributed by atoms with Crippen LogP contribution in [0.1, 0.15) is 17.5 Å². The molecule has 1 saturated heterocycles. The Balaban J connectivity index is 1.42. The van der Waals surface area contributed by atoms with Gasteiger partial charge in [-0.2, -0.15) is 4.31 Å². The molecule has 1 fully saturated rings. The molecule has 0 saturated carbocycles. The Kier molecular flexibility index (Phi) is 4.83. The number of sulfonamides is 1. The maximum atomic E-state index is 12.8. The Morgan fingerprint density at radius 1 is 1.12 bits per heavy atom. The number of aryl methyl sites for hydroxylation is 1. The van der Waals surface area contributed by atoms with Gasteiger partial charge in [0.25, 0.3) is 10.0 Å². The number of fused-ring (bicyclic) bond motifs is 1. The highest BCUT2D eigenvalue weighted by atomic mass is 32.2. The van der Waals surface area contributed by atoms with E-state index in [0.717, 1.165) is 42.3 Å². The summed E-state index contributed by atoms with van der Waals surface area (Å²) in [5.74, 6) is 0. The van der Waals surface area contributed by atoms with Gasteiger partial charge in [0.2, 0.25) is 0 Å². The van der Waals surface area contributed by atoms with Crippen molar-refractivity contribution in [2.45, 2.75) is 24.1 Å². The Hall–Kier alpha value is -1.74. The monoisotopic (exact) mass is 390 g/mol. The first kappa shape index (κ1) is 17.7. The summed E-state index contributed by atoms with van der Waals surface area (Å²) in [4.78, 5) is 7.81. The van der Waals surface area contributed by atoms with Crippen LogP contribution in [-0.4, -0.2) is 53.2 Å². The van der Waals surface area contributed by atoms with Crippen LogP contribution in [0.5, 0.6) is 0 Å². The van der Waals surface area contributed by atoms with E-state index in [1.54, 1.807) is 10.4 Å². The van der Waals surface area contributed by atoms with Gasteiger partial charge in [-0.3, -0.25) is 4.90 Å². The van der Waals surface area contributed by atoms with Crippen LogP contribution in [0.25, 0.3) is 5.65 Å². The van der Waals surface area contributed by atoms with E-state index >= 15 is 0 Å². The molecule has 0 bridgehead atoms. The van der Waals surface area contributed by atoms with Gasteiger partial charge in [0.05, 0.1) is 11.9 Å². The molecule has 0 radical (unpaired) electrons. The fraction of sp³-hybridized carbons (Fsp3) is 0.389. The van der Waals surface area contributed by atoms with Crippen molar-refractivity contribution >= 4 is 27.0 Å². The van der Waals surface area contributed by atoms with Crippen LogP contribution in [0.15, 0.2) is 46.9 Å². The zero-order chi connectivity index (χ0) is 18.1. The average molecular weight is 391 g/mol. The molecule has 0 aliphatic carbocycles. The fourth-order valence-corrected chi connectivity index (χ4v) is 6.15. The fourth-order valence-electron chi connectivity index (χ4n) is 3.27. The summed E-state index contributed by atoms with van der Waals surface area (Å²) in [6.45, 7) is 5.33. The standard InChI is InChI=1S/C18H22N4O2S2/c1-2-16-6-7-18(25-16)26(23,24)21-11-9-20(10-12-21)14-15-13-19-17-5-3-4-8-22(15)17/h3-8,13H,2,9-12,14H2,1H3. The van der Waals surface area contributed by atoms with Gasteiger partial charge in [-0.25, -0.2) is 13.4 Å². The lowest BCUT2D eigenvalue weighted by molar-refractivity contribution is 0.180. The molecular formula is C18H22N4O2S2. The lowest BCUT2D eigenvalue weighted by Gasteiger charge is -2.33. The maximum absolute atomic E-state index is 12.8. The molecule has 3 aromatic rings. The van der Waals surface area contributed by atoms with E-state index in [1.165, 1.54) is 11.3 Å². The second kappa shape index (κ2) is 7.11. The third-order valence-electron chi connectivity index (χ3n) is 4.79. The van der Waals surface area contributed by atoms with Crippen LogP contribution in [0.4, 0.5) is 0 Å². The minimum Gasteiger partial charge on any atom is -0.303 e. The average Bonchev–Trinajstić information content (AvgIpc) is 3.30. The number of rotatable bonds is 5. The number of imidazole rings is 1. The molecule has 0 spiro atoms. The van der Waals surface area contributed by atoms with E-state index in [1.807, 2.05) is 43.6 Å². The molecule has 138 valence electrons. The highest BCUT2D eigenvalue weighted by molar-refractivity contribution is 7.91. The van der Waals surface area contributed by atoms with E-state index in [4.69, 9.17) is 0 Å². The summed E-state index contributed by atoms with van der Waals surface area (Å²) in [6.07, 6.45) is 4.78. The molecule has 26 heavy (non-hydrogen) atoms. The van der Waals surface area contributed by atoms with Crippen molar-refractivity contribution in [3.63, 3.8) is 0 Å². The summed E-state index contributed by atoms with van der Waals surface area (Å²) in [5.41, 5.74) is 2.07. The quantitative estimate of drug-likeness (QED) is 0.672. The predicted molar refractivity (Wildman–Crippen MR) is 103 cm³/mol. The first-order valence-electron chi connectivity index (χ1n) is 8.80. The zero-order valence-electron chi connectivity index (χ0n) is 14.7. The van der Waals surface area contributed by atoms with Crippen LogP contribution in [0.3, 0.4) is 0 Å². The van der Waals surface area contributed by atoms with Crippen molar-refractivity contribution < 1.29 is 8.42 Å². The molecule has 1 aliphatic heterocycles. The minimum atomic E-state index is -3.36. The number of nitrogens with zero attached hydrogens (tertiary/aromatic N) is 4. The van der Waals surface area contributed by atoms with E-state index < -0.39 is 10.0 Å². The van der Waals surface area contributed by atoms with Crippen LogP contribution >= 0.6 is 11.3 Å². The van der Waals surface area contributed by atoms with Crippen LogP contribution in [0.2, 0.25) is 0 Å². The zero-order valence-corrected chi connectivity index (χ0v) is 16.3. The second-order valence-electron chi connectivity index (χ2n) is 6.43. The first-order chi connectivity index (χ1) is 12.6. The van der Waals surface area contributed by atoms with Gasteiger partial charge in [0, 0.05) is 43.8 Å². The summed E-state index contributed by atoms with van der Waals surface area (Å²) in [7, 11) is -3.36. The number of piperazine rings is 1. The maximum Gasteiger partial charge on any atom is 0.252 e. The molecule has 0 atom stereocenters. The number of thiophene rings is 1. The third kappa shape index (κ3) is 3.29. The van der Waals surface area contributed by atoms with Crippen molar-refractivity contribution in [1.29, 1.82) is 0 Å². The lowest BCUT2D eigenvalue weighted by Crippen LogP contribution is -2.48. The molecule has 0 aromatic carbocycles. The molecule has 0 amide bonds. The van der Waals surface area contributed by atoms with E-state index in [2.05, 4.69) is 14.3 Å². The van der Waals surface area contributed by atoms with E-state index in [-0.39, 0.29) is 0 Å². The molecule has 8 heteroatoms. The van der Waals surface area contributed by atoms with Gasteiger partial charge in [-0.1, -0.05) is 13.0 Å². The Labute approximate surface area is 157 Å². The van der Waals surface area contributed by atoms with Crippen molar-refractivity contribution in [3.8, 4) is 0 Å². The molecular weight excluding hydrogens is 368 g/mol. The van der Waals surface area contributed by atoms with Crippen LogP contribution in [0, 0.1) is 0 Å². The Morgan fingerprint density at radius 3 is 2.65 bits per heavy atom. The molecule has 0 unspecified atom stereocenters. The van der Waals surface area contributed by atoms with Crippen molar-refractivity contribution in [3.05, 3.63) is 53.3 Å². The van der Waals surface area contributed by atoms with Gasteiger partial charge in [0.1, 0.15) is 9.86 Å². The number of pyridine rings is 1. The number of hydrogen-bond acceptors (Lipinski definition) is 5. The topological polar surface area (TPSA) is 57.9 Å². The predicted octanol–water partition coefficient (Wildman–Crippen LogP) is 2.46.